The number of aliphatic hydroxyl groups is 1. The van der Waals surface area contributed by atoms with Gasteiger partial charge in [0, 0.05) is 45.1 Å². The number of nitrogens with zero attached hydrogens (tertiary/aromatic N) is 4. The van der Waals surface area contributed by atoms with E-state index < -0.39 is 17.7 Å². The molecule has 3 rings (SSSR count). The molecule has 5 nitrogen and oxygen atoms in total. The van der Waals surface area contributed by atoms with E-state index in [0.29, 0.717) is 13.1 Å². The average molecular weight is 320 g/mol. The Morgan fingerprint density at radius 1 is 1.09 bits per heavy atom. The molecule has 2 aromatic rings. The molecule has 2 heterocycles. The molecular weight excluding hydrogens is 302 g/mol. The molecule has 1 atom stereocenters. The van der Waals surface area contributed by atoms with Crippen LogP contribution in [0.1, 0.15) is 11.7 Å². The molecule has 0 amide bonds. The van der Waals surface area contributed by atoms with E-state index in [9.17, 15) is 13.9 Å². The standard InChI is InChI=1S/C16H18F2N4O/c17-12-2-1-3-13(18)16(12)14(23)11-21-6-8-22(9-7-21)15-10-19-4-5-20-15/h1-5,10,14,23H,6-9,11H2/t14-/m0/s1. The number of hydrogen-bond donors (Lipinski definition) is 1. The smallest absolute Gasteiger partial charge is 0.147 e. The van der Waals surface area contributed by atoms with Crippen LogP contribution in [-0.2, 0) is 0 Å². The van der Waals surface area contributed by atoms with Crippen LogP contribution < -0.4 is 4.90 Å². The third-order valence-electron chi connectivity index (χ3n) is 4.01. The van der Waals surface area contributed by atoms with Crippen molar-refractivity contribution in [3.8, 4) is 0 Å². The average Bonchev–Trinajstić information content (AvgIpc) is 2.56. The molecule has 1 aromatic heterocycles. The topological polar surface area (TPSA) is 52.5 Å². The van der Waals surface area contributed by atoms with Crippen LogP contribution in [0.2, 0.25) is 0 Å². The zero-order valence-corrected chi connectivity index (χ0v) is 12.6. The number of halogens is 2. The van der Waals surface area contributed by atoms with E-state index in [4.69, 9.17) is 0 Å². The highest BCUT2D eigenvalue weighted by Crippen LogP contribution is 2.22. The Bertz CT molecular complexity index is 628. The van der Waals surface area contributed by atoms with Crippen LogP contribution in [0.15, 0.2) is 36.8 Å². The van der Waals surface area contributed by atoms with Crippen molar-refractivity contribution < 1.29 is 13.9 Å². The van der Waals surface area contributed by atoms with Crippen LogP contribution in [-0.4, -0.2) is 52.7 Å². The molecule has 1 fully saturated rings. The summed E-state index contributed by atoms with van der Waals surface area (Å²) in [4.78, 5) is 12.4. The SMILES string of the molecule is O[C@@H](CN1CCN(c2cnccn2)CC1)c1c(F)cccc1F. The maximum Gasteiger partial charge on any atom is 0.147 e. The van der Waals surface area contributed by atoms with Crippen molar-refractivity contribution >= 4 is 5.82 Å². The van der Waals surface area contributed by atoms with Crippen LogP contribution >= 0.6 is 0 Å². The first-order valence-corrected chi connectivity index (χ1v) is 7.50. The molecule has 7 heteroatoms. The van der Waals surface area contributed by atoms with Crippen LogP contribution in [0.3, 0.4) is 0 Å². The van der Waals surface area contributed by atoms with E-state index in [1.54, 1.807) is 18.6 Å². The van der Waals surface area contributed by atoms with E-state index in [1.165, 1.54) is 6.07 Å². The predicted octanol–water partition coefficient (Wildman–Crippen LogP) is 1.61. The van der Waals surface area contributed by atoms with Gasteiger partial charge < -0.3 is 10.0 Å². The molecule has 1 aliphatic rings. The molecule has 0 radical (unpaired) electrons. The summed E-state index contributed by atoms with van der Waals surface area (Å²) < 4.78 is 27.4. The lowest BCUT2D eigenvalue weighted by molar-refractivity contribution is 0.103. The van der Waals surface area contributed by atoms with E-state index >= 15 is 0 Å². The summed E-state index contributed by atoms with van der Waals surface area (Å²) in [5, 5.41) is 10.2. The second-order valence-electron chi connectivity index (χ2n) is 5.50. The Morgan fingerprint density at radius 3 is 2.39 bits per heavy atom. The third kappa shape index (κ3) is 3.62. The summed E-state index contributed by atoms with van der Waals surface area (Å²) in [5.41, 5.74) is -0.260. The lowest BCUT2D eigenvalue weighted by Gasteiger charge is -2.36. The van der Waals surface area contributed by atoms with Gasteiger partial charge in [-0.2, -0.15) is 0 Å². The fourth-order valence-corrected chi connectivity index (χ4v) is 2.78. The number of hydrogen-bond acceptors (Lipinski definition) is 5. The van der Waals surface area contributed by atoms with Gasteiger partial charge in [0.2, 0.25) is 0 Å². The van der Waals surface area contributed by atoms with E-state index in [1.807, 2.05) is 4.90 Å². The van der Waals surface area contributed by atoms with Crippen molar-refractivity contribution in [2.45, 2.75) is 6.10 Å². The minimum Gasteiger partial charge on any atom is -0.387 e. The number of aliphatic hydroxyl groups excluding tert-OH is 1. The highest BCUT2D eigenvalue weighted by Gasteiger charge is 2.24. The van der Waals surface area contributed by atoms with Gasteiger partial charge in [0.1, 0.15) is 17.5 Å². The van der Waals surface area contributed by atoms with Crippen LogP contribution in [0.25, 0.3) is 0 Å². The predicted molar refractivity (Wildman–Crippen MR) is 82.0 cm³/mol. The molecule has 0 saturated carbocycles. The Hall–Kier alpha value is -2.12. The lowest BCUT2D eigenvalue weighted by Crippen LogP contribution is -2.48. The number of anilines is 1. The molecule has 1 aliphatic heterocycles. The maximum absolute atomic E-state index is 13.7. The molecule has 1 saturated heterocycles. The second-order valence-corrected chi connectivity index (χ2v) is 5.50. The Balaban J connectivity index is 1.58. The zero-order chi connectivity index (χ0) is 16.2. The molecule has 0 unspecified atom stereocenters. The Labute approximate surface area is 133 Å². The summed E-state index contributed by atoms with van der Waals surface area (Å²) in [6.07, 6.45) is 3.80. The van der Waals surface area contributed by atoms with Gasteiger partial charge in [-0.25, -0.2) is 13.8 Å². The first-order chi connectivity index (χ1) is 11.1. The number of rotatable bonds is 4. The maximum atomic E-state index is 13.7. The summed E-state index contributed by atoms with van der Waals surface area (Å²) in [5.74, 6) is -0.612. The van der Waals surface area contributed by atoms with Gasteiger partial charge in [-0.15, -0.1) is 0 Å². The Morgan fingerprint density at radius 2 is 1.78 bits per heavy atom. The van der Waals surface area contributed by atoms with Gasteiger partial charge >= 0.3 is 0 Å². The highest BCUT2D eigenvalue weighted by atomic mass is 19.1. The molecule has 1 aromatic carbocycles. The third-order valence-corrected chi connectivity index (χ3v) is 4.01. The van der Waals surface area contributed by atoms with Crippen molar-refractivity contribution in [1.82, 2.24) is 14.9 Å². The monoisotopic (exact) mass is 320 g/mol. The van der Waals surface area contributed by atoms with Gasteiger partial charge in [0.15, 0.2) is 0 Å². The second kappa shape index (κ2) is 6.97. The minimum atomic E-state index is -1.18. The quantitative estimate of drug-likeness (QED) is 0.927. The highest BCUT2D eigenvalue weighted by molar-refractivity contribution is 5.35. The fraction of sp³-hybridized carbons (Fsp3) is 0.375. The van der Waals surface area contributed by atoms with Crippen LogP contribution in [0.5, 0.6) is 0 Å². The number of piperazine rings is 1. The van der Waals surface area contributed by atoms with Crippen molar-refractivity contribution in [3.05, 3.63) is 54.0 Å². The number of aromatic nitrogens is 2. The summed E-state index contributed by atoms with van der Waals surface area (Å²) in [6.45, 7) is 3.02. The van der Waals surface area contributed by atoms with Crippen molar-refractivity contribution in [1.29, 1.82) is 0 Å². The molecule has 0 aliphatic carbocycles. The van der Waals surface area contributed by atoms with Crippen LogP contribution in [0.4, 0.5) is 14.6 Å². The molecule has 0 spiro atoms. The first-order valence-electron chi connectivity index (χ1n) is 7.50. The molecule has 0 bridgehead atoms. The normalized spacial score (nSPS) is 17.3. The lowest BCUT2D eigenvalue weighted by atomic mass is 10.1. The zero-order valence-electron chi connectivity index (χ0n) is 12.6. The molecule has 1 N–H and O–H groups in total. The Kier molecular flexibility index (Phi) is 4.78. The van der Waals surface area contributed by atoms with Gasteiger partial charge in [0.05, 0.1) is 17.9 Å². The summed E-state index contributed by atoms with van der Waals surface area (Å²) >= 11 is 0. The van der Waals surface area contributed by atoms with E-state index in [-0.39, 0.29) is 12.1 Å². The largest absolute Gasteiger partial charge is 0.387 e. The van der Waals surface area contributed by atoms with Crippen molar-refractivity contribution in [3.63, 3.8) is 0 Å². The van der Waals surface area contributed by atoms with Gasteiger partial charge in [-0.05, 0) is 12.1 Å². The molecule has 122 valence electrons. The van der Waals surface area contributed by atoms with Gasteiger partial charge in [-0.3, -0.25) is 9.88 Å². The van der Waals surface area contributed by atoms with Gasteiger partial charge in [-0.1, -0.05) is 6.07 Å². The van der Waals surface area contributed by atoms with E-state index in [0.717, 1.165) is 31.0 Å². The fourth-order valence-electron chi connectivity index (χ4n) is 2.78. The van der Waals surface area contributed by atoms with E-state index in [2.05, 4.69) is 14.9 Å². The summed E-state index contributed by atoms with van der Waals surface area (Å²) in [7, 11) is 0. The molecule has 23 heavy (non-hydrogen) atoms. The van der Waals surface area contributed by atoms with Gasteiger partial charge in [0.25, 0.3) is 0 Å². The minimum absolute atomic E-state index is 0.201. The number of β-amino-alcohol motifs (C(OH)–C–C–N with tert-alkyl or cyclic N) is 1. The first kappa shape index (κ1) is 15.8. The van der Waals surface area contributed by atoms with Crippen molar-refractivity contribution in [2.24, 2.45) is 0 Å². The number of benzene rings is 1. The van der Waals surface area contributed by atoms with Crippen molar-refractivity contribution in [2.75, 3.05) is 37.6 Å². The summed E-state index contributed by atoms with van der Waals surface area (Å²) in [6, 6.07) is 3.61. The van der Waals surface area contributed by atoms with Crippen LogP contribution in [0, 0.1) is 11.6 Å². The molecular formula is C16H18F2N4O.